The van der Waals surface area contributed by atoms with E-state index in [0.29, 0.717) is 10.7 Å². The minimum atomic E-state index is -0.503. The molecular formula is C18H16N4O3S2. The van der Waals surface area contributed by atoms with E-state index in [2.05, 4.69) is 39.8 Å². The molecule has 2 aromatic carbocycles. The van der Waals surface area contributed by atoms with Crippen LogP contribution in [0, 0.1) is 24.0 Å². The number of nitrogens with one attached hydrogen (secondary N) is 1. The van der Waals surface area contributed by atoms with Crippen molar-refractivity contribution in [2.75, 3.05) is 5.32 Å². The predicted octanol–water partition coefficient (Wildman–Crippen LogP) is 4.61. The molecule has 0 aliphatic carbocycles. The molecule has 0 saturated carbocycles. The van der Waals surface area contributed by atoms with Crippen LogP contribution in [0.2, 0.25) is 0 Å². The predicted molar refractivity (Wildman–Crippen MR) is 106 cm³/mol. The molecule has 1 aromatic heterocycles. The van der Waals surface area contributed by atoms with Gasteiger partial charge in [0, 0.05) is 22.9 Å². The maximum atomic E-state index is 12.4. The van der Waals surface area contributed by atoms with Gasteiger partial charge in [-0.05, 0) is 25.5 Å². The molecule has 3 aromatic rings. The number of nitro benzene ring substituents is 1. The van der Waals surface area contributed by atoms with Gasteiger partial charge in [0.25, 0.3) is 11.6 Å². The van der Waals surface area contributed by atoms with Crippen LogP contribution >= 0.6 is 23.1 Å². The molecule has 9 heteroatoms. The number of benzene rings is 2. The standard InChI is InChI=1S/C18H16N4O3S2/c1-11-6-8-13(9-7-11)10-26-18-21-20-17(27-18)19-16(23)14-4-3-5-15(12(14)2)22(24)25/h3-9H,10H2,1-2H3,(H,19,20,23). The largest absolute Gasteiger partial charge is 0.296 e. The summed E-state index contributed by atoms with van der Waals surface area (Å²) >= 11 is 2.81. The lowest BCUT2D eigenvalue weighted by atomic mass is 10.1. The SMILES string of the molecule is Cc1ccc(CSc2nnc(NC(=O)c3cccc([N+](=O)[O-])c3C)s2)cc1. The van der Waals surface area contributed by atoms with E-state index in [1.807, 2.05) is 6.92 Å². The lowest BCUT2D eigenvalue weighted by molar-refractivity contribution is -0.385. The molecule has 0 aliphatic rings. The monoisotopic (exact) mass is 400 g/mol. The number of rotatable bonds is 6. The summed E-state index contributed by atoms with van der Waals surface area (Å²) in [4.78, 5) is 22.9. The third-order valence-corrected chi connectivity index (χ3v) is 5.90. The maximum absolute atomic E-state index is 12.4. The van der Waals surface area contributed by atoms with Crippen molar-refractivity contribution in [1.29, 1.82) is 0 Å². The van der Waals surface area contributed by atoms with E-state index >= 15 is 0 Å². The molecule has 0 fully saturated rings. The van der Waals surface area contributed by atoms with Gasteiger partial charge in [0.1, 0.15) is 0 Å². The first kappa shape index (κ1) is 19.0. The average Bonchev–Trinajstić information content (AvgIpc) is 3.08. The fourth-order valence-corrected chi connectivity index (χ4v) is 4.08. The molecule has 0 aliphatic heterocycles. The summed E-state index contributed by atoms with van der Waals surface area (Å²) in [5, 5.41) is 22.1. The minimum Gasteiger partial charge on any atom is -0.296 e. The lowest BCUT2D eigenvalue weighted by Gasteiger charge is -2.05. The van der Waals surface area contributed by atoms with E-state index in [9.17, 15) is 14.9 Å². The molecule has 3 rings (SSSR count). The van der Waals surface area contributed by atoms with E-state index < -0.39 is 10.8 Å². The van der Waals surface area contributed by atoms with Gasteiger partial charge in [0.05, 0.1) is 4.92 Å². The van der Waals surface area contributed by atoms with Crippen molar-refractivity contribution in [3.63, 3.8) is 0 Å². The van der Waals surface area contributed by atoms with Crippen LogP contribution in [-0.2, 0) is 5.75 Å². The summed E-state index contributed by atoms with van der Waals surface area (Å²) < 4.78 is 0.738. The van der Waals surface area contributed by atoms with Crippen LogP contribution in [0.3, 0.4) is 0 Å². The summed E-state index contributed by atoms with van der Waals surface area (Å²) in [6.07, 6.45) is 0. The van der Waals surface area contributed by atoms with Gasteiger partial charge in [-0.15, -0.1) is 10.2 Å². The number of aryl methyl sites for hydroxylation is 1. The highest BCUT2D eigenvalue weighted by atomic mass is 32.2. The second kappa shape index (κ2) is 8.28. The zero-order chi connectivity index (χ0) is 19.4. The molecule has 0 radical (unpaired) electrons. The van der Waals surface area contributed by atoms with Crippen LogP contribution in [0.1, 0.15) is 27.0 Å². The molecule has 1 amide bonds. The topological polar surface area (TPSA) is 98.0 Å². The van der Waals surface area contributed by atoms with Gasteiger partial charge in [-0.2, -0.15) is 0 Å². The Balaban J connectivity index is 1.65. The summed E-state index contributed by atoms with van der Waals surface area (Å²) in [7, 11) is 0. The van der Waals surface area contributed by atoms with Crippen molar-refractivity contribution < 1.29 is 9.72 Å². The zero-order valence-corrected chi connectivity index (χ0v) is 16.3. The number of anilines is 1. The summed E-state index contributed by atoms with van der Waals surface area (Å²) in [6, 6.07) is 12.7. The fraction of sp³-hybridized carbons (Fsp3) is 0.167. The van der Waals surface area contributed by atoms with Gasteiger partial charge in [0.2, 0.25) is 5.13 Å². The van der Waals surface area contributed by atoms with Crippen molar-refractivity contribution in [3.05, 3.63) is 74.8 Å². The fourth-order valence-electron chi connectivity index (χ4n) is 2.38. The first-order chi connectivity index (χ1) is 12.9. The van der Waals surface area contributed by atoms with Crippen LogP contribution in [0.5, 0.6) is 0 Å². The lowest BCUT2D eigenvalue weighted by Crippen LogP contribution is -2.14. The van der Waals surface area contributed by atoms with E-state index in [1.165, 1.54) is 46.4 Å². The first-order valence-electron chi connectivity index (χ1n) is 8.01. The van der Waals surface area contributed by atoms with E-state index in [0.717, 1.165) is 10.1 Å². The third-order valence-electron chi connectivity index (χ3n) is 3.86. The third kappa shape index (κ3) is 4.69. The molecule has 1 N–H and O–H groups in total. The average molecular weight is 400 g/mol. The molecule has 1 heterocycles. The normalized spacial score (nSPS) is 10.6. The number of nitro groups is 1. The Morgan fingerprint density at radius 3 is 2.63 bits per heavy atom. The summed E-state index contributed by atoms with van der Waals surface area (Å²) in [5.41, 5.74) is 2.86. The Morgan fingerprint density at radius 2 is 1.93 bits per heavy atom. The molecule has 7 nitrogen and oxygen atoms in total. The van der Waals surface area contributed by atoms with Gasteiger partial charge in [0.15, 0.2) is 4.34 Å². The highest BCUT2D eigenvalue weighted by Crippen LogP contribution is 2.29. The Bertz CT molecular complexity index is 987. The Hall–Kier alpha value is -2.78. The number of amides is 1. The van der Waals surface area contributed by atoms with Crippen LogP contribution in [0.25, 0.3) is 0 Å². The molecule has 0 saturated heterocycles. The van der Waals surface area contributed by atoms with Crippen molar-refractivity contribution >= 4 is 39.8 Å². The maximum Gasteiger partial charge on any atom is 0.273 e. The minimum absolute atomic E-state index is 0.0887. The second-order valence-corrected chi connectivity index (χ2v) is 8.01. The van der Waals surface area contributed by atoms with Crippen LogP contribution in [0.4, 0.5) is 10.8 Å². The van der Waals surface area contributed by atoms with Crippen molar-refractivity contribution in [3.8, 4) is 0 Å². The second-order valence-electron chi connectivity index (χ2n) is 5.81. The van der Waals surface area contributed by atoms with Crippen LogP contribution in [-0.4, -0.2) is 21.0 Å². The molecular weight excluding hydrogens is 384 g/mol. The number of carbonyl (C=O) groups excluding carboxylic acids is 1. The van der Waals surface area contributed by atoms with Crippen molar-refractivity contribution in [2.24, 2.45) is 0 Å². The van der Waals surface area contributed by atoms with Gasteiger partial charge < -0.3 is 0 Å². The van der Waals surface area contributed by atoms with E-state index in [4.69, 9.17) is 0 Å². The van der Waals surface area contributed by atoms with E-state index in [-0.39, 0.29) is 11.3 Å². The van der Waals surface area contributed by atoms with Gasteiger partial charge >= 0.3 is 0 Å². The van der Waals surface area contributed by atoms with Crippen molar-refractivity contribution in [2.45, 2.75) is 23.9 Å². The Kier molecular flexibility index (Phi) is 5.82. The molecule has 0 spiro atoms. The van der Waals surface area contributed by atoms with Crippen LogP contribution in [0.15, 0.2) is 46.8 Å². The number of thioether (sulfide) groups is 1. The smallest absolute Gasteiger partial charge is 0.273 e. The Labute approximate surface area is 164 Å². The van der Waals surface area contributed by atoms with Gasteiger partial charge in [-0.3, -0.25) is 20.2 Å². The number of carbonyl (C=O) groups is 1. The molecule has 138 valence electrons. The number of nitrogens with zero attached hydrogens (tertiary/aromatic N) is 3. The van der Waals surface area contributed by atoms with Crippen LogP contribution < -0.4 is 5.32 Å². The highest BCUT2D eigenvalue weighted by molar-refractivity contribution is 8.00. The molecule has 27 heavy (non-hydrogen) atoms. The first-order valence-corrected chi connectivity index (χ1v) is 9.81. The number of hydrogen-bond acceptors (Lipinski definition) is 7. The summed E-state index contributed by atoms with van der Waals surface area (Å²) in [6.45, 7) is 3.59. The van der Waals surface area contributed by atoms with E-state index in [1.54, 1.807) is 13.0 Å². The highest BCUT2D eigenvalue weighted by Gasteiger charge is 2.19. The zero-order valence-electron chi connectivity index (χ0n) is 14.6. The molecule has 0 atom stereocenters. The number of hydrogen-bond donors (Lipinski definition) is 1. The quantitative estimate of drug-likeness (QED) is 0.281. The summed E-state index contributed by atoms with van der Waals surface area (Å²) in [5.74, 6) is 0.315. The van der Waals surface area contributed by atoms with Crippen molar-refractivity contribution in [1.82, 2.24) is 10.2 Å². The van der Waals surface area contributed by atoms with Gasteiger partial charge in [-0.25, -0.2) is 0 Å². The molecule has 0 unspecified atom stereocenters. The molecule has 0 bridgehead atoms. The number of aromatic nitrogens is 2. The van der Waals surface area contributed by atoms with Gasteiger partial charge in [-0.1, -0.05) is 59.0 Å². The Morgan fingerprint density at radius 1 is 1.19 bits per heavy atom.